The molecule has 0 unspecified atom stereocenters. The molecule has 3 nitrogen and oxygen atoms in total. The number of aromatic nitrogens is 1. The van der Waals surface area contributed by atoms with Crippen molar-refractivity contribution in [3.8, 4) is 0 Å². The van der Waals surface area contributed by atoms with Crippen LogP contribution in [0, 0.1) is 5.92 Å². The standard InChI is InChI=1S/C19H24N2O/c1-12(13-7-8-13)21(2)19(22)14-9-10-18-16(11-14)15-5-3-4-6-17(15)20-18/h9-13,20H,3-8H2,1-2H3/t12-/m0/s1. The Bertz CT molecular complexity index is 726. The normalized spacial score (nSPS) is 19.0. The van der Waals surface area contributed by atoms with Gasteiger partial charge in [-0.25, -0.2) is 0 Å². The zero-order valence-corrected chi connectivity index (χ0v) is 13.5. The van der Waals surface area contributed by atoms with E-state index in [0.29, 0.717) is 12.0 Å². The Morgan fingerprint density at radius 1 is 1.27 bits per heavy atom. The zero-order chi connectivity index (χ0) is 15.3. The number of amides is 1. The predicted molar refractivity (Wildman–Crippen MR) is 89.2 cm³/mol. The van der Waals surface area contributed by atoms with Crippen LogP contribution in [0.25, 0.3) is 10.9 Å². The van der Waals surface area contributed by atoms with Gasteiger partial charge < -0.3 is 9.88 Å². The van der Waals surface area contributed by atoms with Gasteiger partial charge in [0, 0.05) is 35.2 Å². The lowest BCUT2D eigenvalue weighted by molar-refractivity contribution is 0.0727. The van der Waals surface area contributed by atoms with Gasteiger partial charge in [-0.1, -0.05) is 0 Å². The van der Waals surface area contributed by atoms with Crippen LogP contribution >= 0.6 is 0 Å². The third-order valence-electron chi connectivity index (χ3n) is 5.58. The van der Waals surface area contributed by atoms with E-state index in [2.05, 4.69) is 24.0 Å². The van der Waals surface area contributed by atoms with Crippen molar-refractivity contribution >= 4 is 16.8 Å². The minimum Gasteiger partial charge on any atom is -0.358 e. The Kier molecular flexibility index (Phi) is 3.24. The van der Waals surface area contributed by atoms with Crippen LogP contribution in [0.3, 0.4) is 0 Å². The number of benzene rings is 1. The molecule has 2 aliphatic carbocycles. The van der Waals surface area contributed by atoms with Crippen LogP contribution in [0.2, 0.25) is 0 Å². The smallest absolute Gasteiger partial charge is 0.253 e. The molecular formula is C19H24N2O. The number of hydrogen-bond acceptors (Lipinski definition) is 1. The summed E-state index contributed by atoms with van der Waals surface area (Å²) in [6.07, 6.45) is 7.35. The van der Waals surface area contributed by atoms with Gasteiger partial charge in [-0.3, -0.25) is 4.79 Å². The van der Waals surface area contributed by atoms with Gasteiger partial charge in [-0.05, 0) is 75.1 Å². The quantitative estimate of drug-likeness (QED) is 0.915. The van der Waals surface area contributed by atoms with Crippen LogP contribution in [0.5, 0.6) is 0 Å². The van der Waals surface area contributed by atoms with Crippen LogP contribution < -0.4 is 0 Å². The number of aromatic amines is 1. The highest BCUT2D eigenvalue weighted by atomic mass is 16.2. The third-order valence-corrected chi connectivity index (χ3v) is 5.58. The monoisotopic (exact) mass is 296 g/mol. The maximum absolute atomic E-state index is 12.8. The largest absolute Gasteiger partial charge is 0.358 e. The molecule has 1 atom stereocenters. The molecule has 4 rings (SSSR count). The van der Waals surface area contributed by atoms with Gasteiger partial charge in [-0.15, -0.1) is 0 Å². The number of aryl methyl sites for hydroxylation is 2. The van der Waals surface area contributed by atoms with E-state index >= 15 is 0 Å². The molecule has 3 heteroatoms. The molecule has 2 aromatic rings. The number of carbonyl (C=O) groups is 1. The highest BCUT2D eigenvalue weighted by molar-refractivity contribution is 5.99. The molecule has 1 aromatic carbocycles. The zero-order valence-electron chi connectivity index (χ0n) is 13.5. The third kappa shape index (κ3) is 2.23. The van der Waals surface area contributed by atoms with Crippen molar-refractivity contribution in [2.24, 2.45) is 5.92 Å². The maximum atomic E-state index is 12.8. The first-order chi connectivity index (χ1) is 10.6. The van der Waals surface area contributed by atoms with Gasteiger partial charge in [0.25, 0.3) is 5.91 Å². The summed E-state index contributed by atoms with van der Waals surface area (Å²) >= 11 is 0. The second kappa shape index (κ2) is 5.15. The molecule has 116 valence electrons. The molecule has 0 spiro atoms. The number of nitrogens with zero attached hydrogens (tertiary/aromatic N) is 1. The summed E-state index contributed by atoms with van der Waals surface area (Å²) in [5.41, 5.74) is 4.83. The summed E-state index contributed by atoms with van der Waals surface area (Å²) in [6.45, 7) is 2.17. The molecule has 0 aliphatic heterocycles. The van der Waals surface area contributed by atoms with E-state index in [9.17, 15) is 4.79 Å². The van der Waals surface area contributed by atoms with E-state index in [1.807, 2.05) is 18.0 Å². The molecular weight excluding hydrogens is 272 g/mol. The summed E-state index contributed by atoms with van der Waals surface area (Å²) in [4.78, 5) is 18.2. The lowest BCUT2D eigenvalue weighted by atomic mass is 9.95. The molecule has 1 fully saturated rings. The van der Waals surface area contributed by atoms with Crippen LogP contribution in [0.1, 0.15) is 54.2 Å². The van der Waals surface area contributed by atoms with Gasteiger partial charge in [0.1, 0.15) is 0 Å². The molecule has 22 heavy (non-hydrogen) atoms. The van der Waals surface area contributed by atoms with Crippen LogP contribution in [-0.4, -0.2) is 28.9 Å². The lowest BCUT2D eigenvalue weighted by Crippen LogP contribution is -2.36. The summed E-state index contributed by atoms with van der Waals surface area (Å²) in [6, 6.07) is 6.51. The number of carbonyl (C=O) groups excluding carboxylic acids is 1. The van der Waals surface area contributed by atoms with E-state index in [1.54, 1.807) is 0 Å². The number of H-pyrrole nitrogens is 1. The Morgan fingerprint density at radius 3 is 2.82 bits per heavy atom. The summed E-state index contributed by atoms with van der Waals surface area (Å²) in [5.74, 6) is 0.866. The first-order valence-electron chi connectivity index (χ1n) is 8.56. The molecule has 1 aromatic heterocycles. The van der Waals surface area contributed by atoms with Crippen LogP contribution in [-0.2, 0) is 12.8 Å². The van der Waals surface area contributed by atoms with E-state index in [4.69, 9.17) is 0 Å². The SMILES string of the molecule is C[C@@H](C1CC1)N(C)C(=O)c1ccc2[nH]c3c(c2c1)CCCC3. The molecule has 1 amide bonds. The highest BCUT2D eigenvalue weighted by Crippen LogP contribution is 2.35. The van der Waals surface area contributed by atoms with Crippen molar-refractivity contribution in [3.05, 3.63) is 35.0 Å². The summed E-state index contributed by atoms with van der Waals surface area (Å²) in [7, 11) is 1.95. The Balaban J connectivity index is 1.68. The fourth-order valence-electron chi connectivity index (χ4n) is 3.82. The van der Waals surface area contributed by atoms with Gasteiger partial charge in [0.15, 0.2) is 0 Å². The number of fused-ring (bicyclic) bond motifs is 3. The molecule has 0 bridgehead atoms. The highest BCUT2D eigenvalue weighted by Gasteiger charge is 2.32. The Hall–Kier alpha value is -1.77. The summed E-state index contributed by atoms with van der Waals surface area (Å²) in [5, 5.41) is 1.26. The lowest BCUT2D eigenvalue weighted by Gasteiger charge is -2.25. The van der Waals surface area contributed by atoms with Crippen molar-refractivity contribution in [2.75, 3.05) is 7.05 Å². The molecule has 2 aliphatic rings. The molecule has 1 heterocycles. The average molecular weight is 296 g/mol. The predicted octanol–water partition coefficient (Wildman–Crippen LogP) is 3.92. The van der Waals surface area contributed by atoms with Gasteiger partial charge >= 0.3 is 0 Å². The van der Waals surface area contributed by atoms with Gasteiger partial charge in [0.2, 0.25) is 0 Å². The average Bonchev–Trinajstić information content (AvgIpc) is 3.33. The van der Waals surface area contributed by atoms with Gasteiger partial charge in [-0.2, -0.15) is 0 Å². The fraction of sp³-hybridized carbons (Fsp3) is 0.526. The molecule has 1 saturated carbocycles. The minimum atomic E-state index is 0.159. The van der Waals surface area contributed by atoms with Crippen molar-refractivity contribution in [1.82, 2.24) is 9.88 Å². The van der Waals surface area contributed by atoms with E-state index in [-0.39, 0.29) is 5.91 Å². The number of nitrogens with one attached hydrogen (secondary N) is 1. The number of hydrogen-bond donors (Lipinski definition) is 1. The van der Waals surface area contributed by atoms with Crippen molar-refractivity contribution in [1.29, 1.82) is 0 Å². The van der Waals surface area contributed by atoms with E-state index < -0.39 is 0 Å². The topological polar surface area (TPSA) is 36.1 Å². The van der Waals surface area contributed by atoms with Crippen LogP contribution in [0.15, 0.2) is 18.2 Å². The first kappa shape index (κ1) is 13.9. The van der Waals surface area contributed by atoms with Crippen molar-refractivity contribution in [2.45, 2.75) is 51.5 Å². The fourth-order valence-corrected chi connectivity index (χ4v) is 3.82. The maximum Gasteiger partial charge on any atom is 0.253 e. The molecule has 1 N–H and O–H groups in total. The minimum absolute atomic E-state index is 0.159. The second-order valence-corrected chi connectivity index (χ2v) is 7.04. The Labute approximate surface area is 131 Å². The van der Waals surface area contributed by atoms with E-state index in [0.717, 1.165) is 18.4 Å². The second-order valence-electron chi connectivity index (χ2n) is 7.04. The van der Waals surface area contributed by atoms with Crippen molar-refractivity contribution in [3.63, 3.8) is 0 Å². The number of rotatable bonds is 3. The van der Waals surface area contributed by atoms with Crippen LogP contribution in [0.4, 0.5) is 0 Å². The van der Waals surface area contributed by atoms with Crippen molar-refractivity contribution < 1.29 is 4.79 Å². The Morgan fingerprint density at radius 2 is 2.05 bits per heavy atom. The first-order valence-corrected chi connectivity index (χ1v) is 8.56. The molecule has 0 radical (unpaired) electrons. The van der Waals surface area contributed by atoms with E-state index in [1.165, 1.54) is 47.8 Å². The molecule has 0 saturated heterocycles. The summed E-state index contributed by atoms with van der Waals surface area (Å²) < 4.78 is 0. The van der Waals surface area contributed by atoms with Gasteiger partial charge in [0.05, 0.1) is 0 Å².